The summed E-state index contributed by atoms with van der Waals surface area (Å²) in [5.41, 5.74) is 0. The van der Waals surface area contributed by atoms with E-state index in [1.165, 1.54) is 0 Å². The summed E-state index contributed by atoms with van der Waals surface area (Å²) >= 11 is 0. The molecule has 5 nitrogen and oxygen atoms in total. The smallest absolute Gasteiger partial charge is 0.303 e. The van der Waals surface area contributed by atoms with E-state index in [0.29, 0.717) is 0 Å². The zero-order valence-electron chi connectivity index (χ0n) is 20.0. The first-order chi connectivity index (χ1) is 11.5. The Morgan fingerprint density at radius 3 is 2.64 bits per heavy atom. The van der Waals surface area contributed by atoms with Crippen LogP contribution in [0.15, 0.2) is 0 Å². The van der Waals surface area contributed by atoms with Gasteiger partial charge in [-0.3, -0.25) is 4.79 Å². The van der Waals surface area contributed by atoms with Crippen molar-refractivity contribution in [2.45, 2.75) is 19.4 Å². The molecule has 14 heavy (non-hydrogen) atoms. The van der Waals surface area contributed by atoms with Gasteiger partial charge in [0.1, 0.15) is 6.54 Å². The summed E-state index contributed by atoms with van der Waals surface area (Å²) in [5, 5.41) is 10.9. The second-order valence-corrected chi connectivity index (χ2v) is 2.44. The van der Waals surface area contributed by atoms with Crippen LogP contribution in [-0.2, 0) is 14.3 Å². The third-order valence-corrected chi connectivity index (χ3v) is 0.992. The van der Waals surface area contributed by atoms with Gasteiger partial charge in [0.2, 0.25) is 0 Å². The molecule has 0 spiro atoms. The van der Waals surface area contributed by atoms with Crippen molar-refractivity contribution in [3.63, 3.8) is 0 Å². The van der Waals surface area contributed by atoms with E-state index in [0.717, 1.165) is 0 Å². The summed E-state index contributed by atoms with van der Waals surface area (Å²) in [6, 6.07) is 0. The maximum absolute atomic E-state index is 11.5. The average Bonchev–Trinajstić information content (AvgIpc) is 2.28. The molecule has 0 rings (SSSR count). The molecule has 0 aliphatic heterocycles. The minimum atomic E-state index is -3.86. The molecule has 0 aromatic heterocycles. The topological polar surface area (TPSA) is 66.4 Å². The summed E-state index contributed by atoms with van der Waals surface area (Å²) in [7, 11) is 0. The fourth-order valence-corrected chi connectivity index (χ4v) is 0.681. The van der Waals surface area contributed by atoms with Crippen molar-refractivity contribution in [3.8, 4) is 0 Å². The summed E-state index contributed by atoms with van der Waals surface area (Å²) in [4.78, 5) is 22.4. The van der Waals surface area contributed by atoms with Gasteiger partial charge in [0.05, 0.1) is 34.6 Å². The van der Waals surface area contributed by atoms with Gasteiger partial charge >= 0.3 is 5.97 Å². The third kappa shape index (κ3) is 7.54. The molecule has 5 heteroatoms. The quantitative estimate of drug-likeness (QED) is 0.426. The lowest BCUT2D eigenvalue weighted by Gasteiger charge is -2.28. The number of esters is 1. The molecular weight excluding hydrogens is 186 g/mol. The van der Waals surface area contributed by atoms with E-state index in [4.69, 9.17) is 17.8 Å². The minimum Gasteiger partial charge on any atom is -0.550 e. The standard InChI is InChI=1S/C9H17NO4/c1-7(11)14-8(5-9(12)13)6-10(2,3)4/h8H,5-6H2,1-4H3/t8-/m0/s1/i1D3,2D3,3D3,4D3,8D. The van der Waals surface area contributed by atoms with Crippen LogP contribution in [0, 0.1) is 0 Å². The Balaban J connectivity index is 6.56. The van der Waals surface area contributed by atoms with Crippen LogP contribution in [0.25, 0.3) is 0 Å². The number of carbonyl (C=O) groups is 2. The van der Waals surface area contributed by atoms with Crippen LogP contribution in [0.3, 0.4) is 0 Å². The van der Waals surface area contributed by atoms with Crippen LogP contribution >= 0.6 is 0 Å². The van der Waals surface area contributed by atoms with Crippen LogP contribution in [0.5, 0.6) is 0 Å². The molecule has 0 saturated carbocycles. The van der Waals surface area contributed by atoms with Crippen LogP contribution in [0.4, 0.5) is 0 Å². The predicted molar refractivity (Wildman–Crippen MR) is 48.1 cm³/mol. The largest absolute Gasteiger partial charge is 0.550 e. The maximum atomic E-state index is 11.5. The highest BCUT2D eigenvalue weighted by Crippen LogP contribution is 2.04. The molecule has 0 fully saturated rings. The first kappa shape index (κ1) is 2.95. The van der Waals surface area contributed by atoms with Crippen molar-refractivity contribution in [2.75, 3.05) is 27.5 Å². The van der Waals surface area contributed by atoms with Gasteiger partial charge in [-0.1, -0.05) is 0 Å². The van der Waals surface area contributed by atoms with Crippen molar-refractivity contribution in [3.05, 3.63) is 0 Å². The summed E-state index contributed by atoms with van der Waals surface area (Å²) < 4.78 is 96.6. The number of carbonyl (C=O) groups excluding carboxylic acids is 2. The third-order valence-electron chi connectivity index (χ3n) is 0.992. The van der Waals surface area contributed by atoms with Gasteiger partial charge in [-0.15, -0.1) is 0 Å². The molecule has 1 atom stereocenters. The Morgan fingerprint density at radius 2 is 2.21 bits per heavy atom. The highest BCUT2D eigenvalue weighted by molar-refractivity contribution is 5.68. The van der Waals surface area contributed by atoms with Crippen LogP contribution in [-0.4, -0.2) is 50.0 Å². The molecule has 0 heterocycles. The van der Waals surface area contributed by atoms with E-state index in [-0.39, 0.29) is 0 Å². The molecule has 0 amide bonds. The van der Waals surface area contributed by atoms with E-state index in [9.17, 15) is 14.7 Å². The van der Waals surface area contributed by atoms with E-state index in [2.05, 4.69) is 4.74 Å². The van der Waals surface area contributed by atoms with Gasteiger partial charge in [-0.25, -0.2) is 0 Å². The molecule has 0 saturated heterocycles. The highest BCUT2D eigenvalue weighted by Gasteiger charge is 2.20. The Hall–Kier alpha value is -1.10. The number of hydrogen-bond donors (Lipinski definition) is 0. The lowest BCUT2D eigenvalue weighted by atomic mass is 10.2. The lowest BCUT2D eigenvalue weighted by Crippen LogP contribution is -2.45. The number of carboxylic acid groups (broad SMARTS) is 1. The van der Waals surface area contributed by atoms with E-state index in [1.807, 2.05) is 0 Å². The number of quaternary nitrogens is 1. The second kappa shape index (κ2) is 4.95. The monoisotopic (exact) mass is 216 g/mol. The van der Waals surface area contributed by atoms with Gasteiger partial charge in [-0.05, 0) is 0 Å². The molecule has 0 unspecified atom stereocenters. The van der Waals surface area contributed by atoms with Gasteiger partial charge in [0.25, 0.3) is 0 Å². The molecule has 0 N–H and O–H groups in total. The normalized spacial score (nSPS) is 33.0. The molecule has 0 aliphatic carbocycles. The predicted octanol–water partition coefficient (Wildman–Crippen LogP) is -1.24. The Morgan fingerprint density at radius 1 is 1.57 bits per heavy atom. The van der Waals surface area contributed by atoms with E-state index in [1.54, 1.807) is 0 Å². The zero-order valence-corrected chi connectivity index (χ0v) is 6.99. The number of hydrogen-bond acceptors (Lipinski definition) is 4. The van der Waals surface area contributed by atoms with Crippen LogP contribution in [0.1, 0.15) is 31.1 Å². The SMILES string of the molecule is [2H]C([2H])([2H])C(=O)O[C@@]([2H])(CC(=O)[O-])C[N+](C([2H])([2H])[2H])(C([2H])([2H])[2H])C([2H])([2H])[2H]. The first-order valence-electron chi connectivity index (χ1n) is 9.82. The Kier molecular flexibility index (Phi) is 1.04. The van der Waals surface area contributed by atoms with Crippen molar-refractivity contribution in [1.82, 2.24) is 0 Å². The van der Waals surface area contributed by atoms with Gasteiger partial charge in [-0.2, -0.15) is 0 Å². The number of carboxylic acids is 1. The second-order valence-electron chi connectivity index (χ2n) is 2.44. The molecule has 0 bridgehead atoms. The molecule has 0 radical (unpaired) electrons. The number of likely N-dealkylation sites (N-methyl/N-ethyl adjacent to an activating group) is 1. The Bertz CT molecular complexity index is 538. The van der Waals surface area contributed by atoms with Crippen LogP contribution in [0.2, 0.25) is 0 Å². The van der Waals surface area contributed by atoms with Crippen molar-refractivity contribution in [2.24, 2.45) is 0 Å². The Labute approximate surface area is 102 Å². The van der Waals surface area contributed by atoms with Crippen molar-refractivity contribution in [1.29, 1.82) is 0 Å². The van der Waals surface area contributed by atoms with Crippen molar-refractivity contribution >= 4 is 11.9 Å². The summed E-state index contributed by atoms with van der Waals surface area (Å²) in [6.07, 6.45) is -5.04. The number of nitrogens with zero attached hydrogens (tertiary/aromatic N) is 1. The molecule has 0 aromatic rings. The number of aliphatic carboxylic acids is 1. The number of rotatable bonds is 5. The fraction of sp³-hybridized carbons (Fsp3) is 0.778. The van der Waals surface area contributed by atoms with E-state index >= 15 is 0 Å². The van der Waals surface area contributed by atoms with E-state index < -0.39 is 63.2 Å². The molecule has 0 aliphatic rings. The average molecular weight is 216 g/mol. The van der Waals surface area contributed by atoms with Crippen LogP contribution < -0.4 is 5.11 Å². The minimum absolute atomic E-state index is 1.67. The zero-order chi connectivity index (χ0) is 22.3. The summed E-state index contributed by atoms with van der Waals surface area (Å²) in [5.74, 6) is -4.28. The fourth-order valence-electron chi connectivity index (χ4n) is 0.681. The molecule has 82 valence electrons. The van der Waals surface area contributed by atoms with Gasteiger partial charge < -0.3 is 19.1 Å². The lowest BCUT2D eigenvalue weighted by molar-refractivity contribution is -0.873. The highest BCUT2D eigenvalue weighted by atomic mass is 16.5. The van der Waals surface area contributed by atoms with Gasteiger partial charge in [0, 0.05) is 23.4 Å². The first-order valence-corrected chi connectivity index (χ1v) is 3.32. The van der Waals surface area contributed by atoms with Gasteiger partial charge in [0.15, 0.2) is 6.08 Å². The molecule has 0 aromatic carbocycles. The maximum Gasteiger partial charge on any atom is 0.303 e. The number of ether oxygens (including phenoxy) is 1. The summed E-state index contributed by atoms with van der Waals surface area (Å²) in [6.45, 7) is -17.0. The van der Waals surface area contributed by atoms with Crippen molar-refractivity contribution < 1.29 is 41.7 Å². The molecular formula is C9H17NO4.